The fourth-order valence-corrected chi connectivity index (χ4v) is 5.87. The summed E-state index contributed by atoms with van der Waals surface area (Å²) in [7, 11) is 0. The maximum absolute atomic E-state index is 13.4. The van der Waals surface area contributed by atoms with Gasteiger partial charge in [-0.1, -0.05) is 23.8 Å². The Morgan fingerprint density at radius 2 is 2.17 bits per heavy atom. The molecule has 0 atom stereocenters. The summed E-state index contributed by atoms with van der Waals surface area (Å²) >= 11 is 3.32. The fraction of sp³-hybridized carbons (Fsp3) is 0.391. The van der Waals surface area contributed by atoms with Gasteiger partial charge in [0.15, 0.2) is 0 Å². The van der Waals surface area contributed by atoms with Crippen LogP contribution in [-0.4, -0.2) is 15.2 Å². The predicted octanol–water partition coefficient (Wildman–Crippen LogP) is 5.40. The first-order valence-electron chi connectivity index (χ1n) is 9.78. The van der Waals surface area contributed by atoms with Gasteiger partial charge >= 0.3 is 0 Å². The number of thioether (sulfide) groups is 1. The molecule has 3 heterocycles. The van der Waals surface area contributed by atoms with E-state index in [1.54, 1.807) is 33.7 Å². The minimum absolute atomic E-state index is 0.0429. The Morgan fingerprint density at radius 3 is 2.90 bits per heavy atom. The molecule has 3 aromatic rings. The number of ether oxygens (including phenoxy) is 1. The lowest BCUT2D eigenvalue weighted by molar-refractivity contribution is -0.0379. The van der Waals surface area contributed by atoms with Gasteiger partial charge in [-0.2, -0.15) is 0 Å². The highest BCUT2D eigenvalue weighted by atomic mass is 32.2. The molecule has 4 nitrogen and oxygen atoms in total. The molecule has 0 bridgehead atoms. The maximum Gasteiger partial charge on any atom is 0.262 e. The van der Waals surface area contributed by atoms with Gasteiger partial charge in [-0.15, -0.1) is 29.7 Å². The summed E-state index contributed by atoms with van der Waals surface area (Å²) in [6, 6.07) is 6.45. The summed E-state index contributed by atoms with van der Waals surface area (Å²) in [6.45, 7) is 13.2. The molecule has 1 aliphatic rings. The molecule has 0 radical (unpaired) electrons. The van der Waals surface area contributed by atoms with Crippen molar-refractivity contribution in [2.24, 2.45) is 0 Å². The molecule has 152 valence electrons. The van der Waals surface area contributed by atoms with E-state index < -0.39 is 0 Å². The zero-order chi connectivity index (χ0) is 20.8. The highest BCUT2D eigenvalue weighted by molar-refractivity contribution is 7.98. The number of hydrogen-bond acceptors (Lipinski definition) is 5. The number of aromatic nitrogens is 2. The van der Waals surface area contributed by atoms with E-state index in [9.17, 15) is 4.79 Å². The topological polar surface area (TPSA) is 44.1 Å². The molecule has 0 aliphatic carbocycles. The van der Waals surface area contributed by atoms with Crippen LogP contribution in [0, 0.1) is 13.8 Å². The van der Waals surface area contributed by atoms with Gasteiger partial charge in [0.05, 0.1) is 23.3 Å². The highest BCUT2D eigenvalue weighted by Crippen LogP contribution is 2.37. The summed E-state index contributed by atoms with van der Waals surface area (Å²) in [5.74, 6) is 1.44. The van der Waals surface area contributed by atoms with E-state index in [-0.39, 0.29) is 11.2 Å². The molecule has 0 amide bonds. The first kappa shape index (κ1) is 20.4. The third kappa shape index (κ3) is 3.93. The highest BCUT2D eigenvalue weighted by Gasteiger charge is 2.31. The zero-order valence-corrected chi connectivity index (χ0v) is 19.0. The van der Waals surface area contributed by atoms with Crippen LogP contribution < -0.4 is 5.56 Å². The average Bonchev–Trinajstić information content (AvgIpc) is 3.00. The smallest absolute Gasteiger partial charge is 0.262 e. The Kier molecular flexibility index (Phi) is 5.44. The van der Waals surface area contributed by atoms with E-state index in [2.05, 4.69) is 52.5 Å². The Bertz CT molecular complexity index is 1160. The van der Waals surface area contributed by atoms with Crippen molar-refractivity contribution in [3.63, 3.8) is 0 Å². The number of allylic oxidation sites excluding steroid dienone is 1. The molecule has 0 saturated heterocycles. The van der Waals surface area contributed by atoms with Gasteiger partial charge in [-0.05, 0) is 44.9 Å². The minimum Gasteiger partial charge on any atom is -0.370 e. The number of aryl methyl sites for hydroxylation is 2. The lowest BCUT2D eigenvalue weighted by Crippen LogP contribution is -2.32. The summed E-state index contributed by atoms with van der Waals surface area (Å²) < 4.78 is 7.73. The van der Waals surface area contributed by atoms with Gasteiger partial charge in [0, 0.05) is 22.7 Å². The van der Waals surface area contributed by atoms with E-state index in [0.29, 0.717) is 18.9 Å². The van der Waals surface area contributed by atoms with Crippen LogP contribution in [0.1, 0.15) is 41.2 Å². The van der Waals surface area contributed by atoms with Crippen molar-refractivity contribution in [3.05, 3.63) is 68.6 Å². The quantitative estimate of drug-likeness (QED) is 0.404. The van der Waals surface area contributed by atoms with Crippen LogP contribution in [0.4, 0.5) is 0 Å². The summed E-state index contributed by atoms with van der Waals surface area (Å²) in [5.41, 5.74) is 3.41. The number of thiophene rings is 1. The molecule has 0 saturated carbocycles. The monoisotopic (exact) mass is 426 g/mol. The fourth-order valence-electron chi connectivity index (χ4n) is 3.80. The molecule has 1 aliphatic heterocycles. The third-order valence-corrected chi connectivity index (χ3v) is 7.54. The van der Waals surface area contributed by atoms with Crippen molar-refractivity contribution in [2.75, 3.05) is 0 Å². The lowest BCUT2D eigenvalue weighted by Gasteiger charge is -2.29. The molecule has 29 heavy (non-hydrogen) atoms. The number of nitrogens with zero attached hydrogens (tertiary/aromatic N) is 2. The zero-order valence-electron chi connectivity index (χ0n) is 17.4. The van der Waals surface area contributed by atoms with E-state index >= 15 is 0 Å². The maximum atomic E-state index is 13.4. The molecule has 0 fully saturated rings. The van der Waals surface area contributed by atoms with Crippen LogP contribution in [-0.2, 0) is 30.1 Å². The number of hydrogen-bond donors (Lipinski definition) is 0. The lowest BCUT2D eigenvalue weighted by atomic mass is 9.94. The largest absolute Gasteiger partial charge is 0.370 e. The van der Waals surface area contributed by atoms with Gasteiger partial charge in [0.2, 0.25) is 0 Å². The second kappa shape index (κ2) is 7.74. The third-order valence-electron chi connectivity index (χ3n) is 5.27. The van der Waals surface area contributed by atoms with E-state index in [4.69, 9.17) is 9.72 Å². The molecule has 1 aromatic carbocycles. The van der Waals surface area contributed by atoms with Gasteiger partial charge in [0.1, 0.15) is 10.7 Å². The van der Waals surface area contributed by atoms with E-state index in [0.717, 1.165) is 32.9 Å². The predicted molar refractivity (Wildman–Crippen MR) is 122 cm³/mol. The first-order valence-corrected chi connectivity index (χ1v) is 11.6. The van der Waals surface area contributed by atoms with E-state index in [1.165, 1.54) is 16.0 Å². The van der Waals surface area contributed by atoms with Crippen LogP contribution in [0.25, 0.3) is 10.2 Å². The Morgan fingerprint density at radius 1 is 1.38 bits per heavy atom. The van der Waals surface area contributed by atoms with Crippen LogP contribution in [0.3, 0.4) is 0 Å². The normalized spacial score (nSPS) is 15.4. The van der Waals surface area contributed by atoms with Crippen molar-refractivity contribution >= 4 is 33.3 Å². The Labute approximate surface area is 179 Å². The first-order chi connectivity index (χ1) is 13.8. The van der Waals surface area contributed by atoms with Crippen LogP contribution in [0.15, 0.2) is 40.5 Å². The molecule has 2 aromatic heterocycles. The molecule has 6 heteroatoms. The molecule has 0 unspecified atom stereocenters. The van der Waals surface area contributed by atoms with Gasteiger partial charge in [-0.25, -0.2) is 4.98 Å². The molecule has 0 spiro atoms. The van der Waals surface area contributed by atoms with Gasteiger partial charge in [0.25, 0.3) is 5.56 Å². The second-order valence-corrected chi connectivity index (χ2v) is 10.3. The average molecular weight is 427 g/mol. The van der Waals surface area contributed by atoms with Crippen molar-refractivity contribution in [1.29, 1.82) is 0 Å². The SMILES string of the molecule is C=CCn1c(CSc2ccc(C)cc2C)nc2sc3c(c2c1=O)CC(C)(C)OC3. The second-order valence-electron chi connectivity index (χ2n) is 8.20. The molecular formula is C23H26N2O2S2. The molecule has 4 rings (SSSR count). The van der Waals surface area contributed by atoms with Gasteiger partial charge < -0.3 is 4.74 Å². The summed E-state index contributed by atoms with van der Waals surface area (Å²) in [4.78, 5) is 21.5. The number of benzene rings is 1. The van der Waals surface area contributed by atoms with Crippen LogP contribution in [0.5, 0.6) is 0 Å². The van der Waals surface area contributed by atoms with Gasteiger partial charge in [-0.3, -0.25) is 9.36 Å². The molecule has 0 N–H and O–H groups in total. The van der Waals surface area contributed by atoms with E-state index in [1.807, 2.05) is 0 Å². The van der Waals surface area contributed by atoms with Crippen LogP contribution >= 0.6 is 23.1 Å². The number of rotatable bonds is 5. The molecular weight excluding hydrogens is 400 g/mol. The Hall–Kier alpha value is -1.89. The minimum atomic E-state index is -0.256. The summed E-state index contributed by atoms with van der Waals surface area (Å²) in [6.07, 6.45) is 2.51. The van der Waals surface area contributed by atoms with Crippen molar-refractivity contribution < 1.29 is 4.74 Å². The van der Waals surface area contributed by atoms with Crippen LogP contribution in [0.2, 0.25) is 0 Å². The Balaban J connectivity index is 1.77. The van der Waals surface area contributed by atoms with Crippen molar-refractivity contribution in [2.45, 2.75) is 63.5 Å². The summed E-state index contributed by atoms with van der Waals surface area (Å²) in [5, 5.41) is 0.767. The standard InChI is InChI=1S/C23H26N2O2S2/c1-6-9-25-19(13-28-17-8-7-14(2)10-15(17)3)24-21-20(22(25)26)16-11-23(4,5)27-12-18(16)29-21/h6-8,10H,1,9,11-13H2,2-5H3. The van der Waals surface area contributed by atoms with Crippen molar-refractivity contribution in [3.8, 4) is 0 Å². The number of fused-ring (bicyclic) bond motifs is 3. The van der Waals surface area contributed by atoms with Crippen molar-refractivity contribution in [1.82, 2.24) is 9.55 Å².